The Bertz CT molecular complexity index is 1410. The Labute approximate surface area is 234 Å². The first-order chi connectivity index (χ1) is 18.8. The number of amides is 2. The van der Waals surface area contributed by atoms with Crippen LogP contribution in [0.25, 0.3) is 0 Å². The van der Waals surface area contributed by atoms with Gasteiger partial charge in [0.05, 0.1) is 24.5 Å². The Morgan fingerprint density at radius 1 is 1.23 bits per heavy atom. The molecule has 1 fully saturated rings. The fraction of sp³-hybridized carbons (Fsp3) is 0.357. The Hall–Kier alpha value is -3.54. The molecular formula is C28H30BrN5O5. The minimum atomic E-state index is -1.74. The lowest BCUT2D eigenvalue weighted by Gasteiger charge is -2.28. The molecule has 2 amide bonds. The number of hydrogen-bond donors (Lipinski definition) is 2. The van der Waals surface area contributed by atoms with Gasteiger partial charge in [-0.1, -0.05) is 52.4 Å². The predicted octanol–water partition coefficient (Wildman–Crippen LogP) is 3.55. The number of hydrogen-bond acceptors (Lipinski definition) is 7. The summed E-state index contributed by atoms with van der Waals surface area (Å²) in [6.45, 7) is 3.51. The van der Waals surface area contributed by atoms with Crippen molar-refractivity contribution in [2.45, 2.75) is 38.5 Å². The van der Waals surface area contributed by atoms with Crippen LogP contribution < -0.4 is 9.80 Å². The van der Waals surface area contributed by atoms with E-state index in [0.29, 0.717) is 49.5 Å². The number of nitrogens with zero attached hydrogens (tertiary/aromatic N) is 5. The van der Waals surface area contributed by atoms with Gasteiger partial charge in [0.15, 0.2) is 5.60 Å². The fourth-order valence-corrected chi connectivity index (χ4v) is 5.39. The molecule has 3 aromatic rings. The van der Waals surface area contributed by atoms with E-state index in [9.17, 15) is 14.7 Å². The second kappa shape index (κ2) is 11.3. The number of rotatable bonds is 10. The highest BCUT2D eigenvalue weighted by Crippen LogP contribution is 2.46. The first kappa shape index (κ1) is 27.0. The highest BCUT2D eigenvalue weighted by atomic mass is 79.9. The van der Waals surface area contributed by atoms with Crippen LogP contribution in [0, 0.1) is 5.92 Å². The van der Waals surface area contributed by atoms with E-state index in [1.165, 1.54) is 0 Å². The number of carbonyl (C=O) groups excluding carboxylic acids is 2. The molecule has 2 atom stereocenters. The van der Waals surface area contributed by atoms with Crippen LogP contribution in [0.1, 0.15) is 30.2 Å². The highest BCUT2D eigenvalue weighted by molar-refractivity contribution is 9.10. The Morgan fingerprint density at radius 2 is 2.08 bits per heavy atom. The summed E-state index contributed by atoms with van der Waals surface area (Å²) in [5.74, 6) is -0.905. The van der Waals surface area contributed by atoms with Gasteiger partial charge in [-0.05, 0) is 42.3 Å². The van der Waals surface area contributed by atoms with E-state index >= 15 is 0 Å². The van der Waals surface area contributed by atoms with Crippen molar-refractivity contribution in [1.82, 2.24) is 15.0 Å². The van der Waals surface area contributed by atoms with Crippen molar-refractivity contribution in [3.05, 3.63) is 82.1 Å². The summed E-state index contributed by atoms with van der Waals surface area (Å²) < 4.78 is 7.54. The normalized spacial score (nSPS) is 19.7. The summed E-state index contributed by atoms with van der Waals surface area (Å²) in [6.07, 6.45) is 6.30. The minimum absolute atomic E-state index is 0.0237. The maximum absolute atomic E-state index is 13.9. The van der Waals surface area contributed by atoms with Crippen LogP contribution in [0.4, 0.5) is 16.2 Å². The van der Waals surface area contributed by atoms with Gasteiger partial charge >= 0.3 is 6.09 Å². The Kier molecular flexibility index (Phi) is 7.83. The van der Waals surface area contributed by atoms with Crippen molar-refractivity contribution in [1.29, 1.82) is 0 Å². The molecule has 1 saturated heterocycles. The molecule has 11 heteroatoms. The third-order valence-electron chi connectivity index (χ3n) is 7.12. The second-order valence-corrected chi connectivity index (χ2v) is 10.6. The number of halogens is 1. The standard InChI is InChI=1S/C28H30BrN5O5/c1-19(5-2-3-11-32-18-22(10-13-35)30-31-32)28(38)24-16-21(29)8-9-25(24)34(26(28)36)17-20-6-4-7-23(15-20)33-12-14-39-27(33)37/h2,4-9,15-16,18-19,35,38H,3,10-14,17H2,1H3/b5-2+/t19-,28+/m1/s1. The van der Waals surface area contributed by atoms with Gasteiger partial charge < -0.3 is 19.8 Å². The van der Waals surface area contributed by atoms with Gasteiger partial charge in [-0.3, -0.25) is 14.4 Å². The number of anilines is 2. The molecule has 0 bridgehead atoms. The first-order valence-electron chi connectivity index (χ1n) is 12.9. The molecular weight excluding hydrogens is 566 g/mol. The SMILES string of the molecule is C[C@H](/C=C/CCn1cc(CCO)nn1)[C@@]1(O)C(=O)N(Cc2cccc(N3CCOC3=O)c2)c2ccc(Br)cc21. The number of aryl methyl sites for hydroxylation is 1. The number of aromatic nitrogens is 3. The molecule has 0 unspecified atom stereocenters. The van der Waals surface area contributed by atoms with Crippen molar-refractivity contribution >= 4 is 39.3 Å². The zero-order valence-corrected chi connectivity index (χ0v) is 23.1. The average Bonchev–Trinajstić information content (AvgIpc) is 3.62. The maximum atomic E-state index is 13.9. The minimum Gasteiger partial charge on any atom is -0.447 e. The zero-order valence-electron chi connectivity index (χ0n) is 21.5. The van der Waals surface area contributed by atoms with Crippen molar-refractivity contribution in [2.75, 3.05) is 29.6 Å². The number of ether oxygens (including phenoxy) is 1. The van der Waals surface area contributed by atoms with Gasteiger partial charge in [-0.25, -0.2) is 4.79 Å². The van der Waals surface area contributed by atoms with Gasteiger partial charge in [0.2, 0.25) is 0 Å². The van der Waals surface area contributed by atoms with Crippen molar-refractivity contribution in [3.63, 3.8) is 0 Å². The largest absolute Gasteiger partial charge is 0.447 e. The molecule has 0 aliphatic carbocycles. The third kappa shape index (κ3) is 5.34. The zero-order chi connectivity index (χ0) is 27.6. The molecule has 10 nitrogen and oxygen atoms in total. The number of carbonyl (C=O) groups is 2. The number of fused-ring (bicyclic) bond motifs is 1. The summed E-state index contributed by atoms with van der Waals surface area (Å²) in [7, 11) is 0. The topological polar surface area (TPSA) is 121 Å². The summed E-state index contributed by atoms with van der Waals surface area (Å²) in [4.78, 5) is 29.1. The lowest BCUT2D eigenvalue weighted by molar-refractivity contribution is -0.139. The van der Waals surface area contributed by atoms with Crippen LogP contribution in [0.15, 0.2) is 65.3 Å². The summed E-state index contributed by atoms with van der Waals surface area (Å²) in [6, 6.07) is 12.9. The molecule has 1 aromatic heterocycles. The van der Waals surface area contributed by atoms with Crippen LogP contribution in [-0.4, -0.2) is 57.0 Å². The van der Waals surface area contributed by atoms with E-state index in [4.69, 9.17) is 9.84 Å². The molecule has 0 spiro atoms. The molecule has 2 aliphatic heterocycles. The molecule has 5 rings (SSSR count). The number of cyclic esters (lactones) is 1. The fourth-order valence-electron chi connectivity index (χ4n) is 5.03. The van der Waals surface area contributed by atoms with Crippen molar-refractivity contribution in [3.8, 4) is 0 Å². The van der Waals surface area contributed by atoms with E-state index < -0.39 is 17.4 Å². The lowest BCUT2D eigenvalue weighted by Crippen LogP contribution is -2.44. The lowest BCUT2D eigenvalue weighted by atomic mass is 9.83. The summed E-state index contributed by atoms with van der Waals surface area (Å²) in [5, 5.41) is 29.0. The summed E-state index contributed by atoms with van der Waals surface area (Å²) in [5.41, 5.74) is 1.72. The van der Waals surface area contributed by atoms with Crippen LogP contribution in [0.3, 0.4) is 0 Å². The smallest absolute Gasteiger partial charge is 0.414 e. The third-order valence-corrected chi connectivity index (χ3v) is 7.61. The molecule has 2 aromatic carbocycles. The Morgan fingerprint density at radius 3 is 2.85 bits per heavy atom. The maximum Gasteiger partial charge on any atom is 0.414 e. The molecule has 39 heavy (non-hydrogen) atoms. The highest BCUT2D eigenvalue weighted by Gasteiger charge is 2.52. The molecule has 204 valence electrons. The monoisotopic (exact) mass is 595 g/mol. The first-order valence-corrected chi connectivity index (χ1v) is 13.6. The van der Waals surface area contributed by atoms with Crippen LogP contribution in [0.2, 0.25) is 0 Å². The van der Waals surface area contributed by atoms with Crippen LogP contribution in [0.5, 0.6) is 0 Å². The van der Waals surface area contributed by atoms with Crippen molar-refractivity contribution in [2.24, 2.45) is 5.92 Å². The van der Waals surface area contributed by atoms with Gasteiger partial charge in [0.1, 0.15) is 6.61 Å². The van der Waals surface area contributed by atoms with E-state index in [-0.39, 0.29) is 19.2 Å². The average molecular weight is 596 g/mol. The quantitative estimate of drug-likeness (QED) is 0.344. The molecule has 0 radical (unpaired) electrons. The second-order valence-electron chi connectivity index (χ2n) is 9.71. The van der Waals surface area contributed by atoms with E-state index in [2.05, 4.69) is 26.2 Å². The molecule has 2 N–H and O–H groups in total. The Balaban J connectivity index is 1.34. The van der Waals surface area contributed by atoms with Gasteiger partial charge in [0.25, 0.3) is 5.91 Å². The molecule has 3 heterocycles. The molecule has 0 saturated carbocycles. The van der Waals surface area contributed by atoms with E-state index in [1.807, 2.05) is 55.5 Å². The van der Waals surface area contributed by atoms with E-state index in [1.54, 1.807) is 26.7 Å². The van der Waals surface area contributed by atoms with E-state index in [0.717, 1.165) is 15.7 Å². The van der Waals surface area contributed by atoms with Crippen molar-refractivity contribution < 1.29 is 24.5 Å². The van der Waals surface area contributed by atoms with Crippen LogP contribution in [-0.2, 0) is 34.6 Å². The number of allylic oxidation sites excluding steroid dienone is 1. The number of benzene rings is 2. The van der Waals surface area contributed by atoms with Crippen LogP contribution >= 0.6 is 15.9 Å². The summed E-state index contributed by atoms with van der Waals surface area (Å²) >= 11 is 3.49. The van der Waals surface area contributed by atoms with Gasteiger partial charge in [-0.15, -0.1) is 5.10 Å². The molecule has 2 aliphatic rings. The van der Waals surface area contributed by atoms with Gasteiger partial charge in [0, 0.05) is 47.4 Å². The number of aliphatic hydroxyl groups is 2. The predicted molar refractivity (Wildman–Crippen MR) is 148 cm³/mol. The van der Waals surface area contributed by atoms with Gasteiger partial charge in [-0.2, -0.15) is 0 Å². The number of aliphatic hydroxyl groups excluding tert-OH is 1.